The monoisotopic (exact) mass is 581 g/mol. The van der Waals surface area contributed by atoms with Crippen LogP contribution in [0.4, 0.5) is 5.69 Å². The Morgan fingerprint density at radius 2 is 1.90 bits per heavy atom. The SMILES string of the molecule is CC(C)(C)[Si](C)(C)[C@@H]1CC2(CCN([C@@H]3CCc4cc(C#N)ccc4C3)C(O)C2)Oc2ccc(NS(C)(=O)=O)cc21. The van der Waals surface area contributed by atoms with E-state index in [1.807, 2.05) is 24.3 Å². The van der Waals surface area contributed by atoms with Gasteiger partial charge in [-0.1, -0.05) is 39.9 Å². The fourth-order valence-corrected chi connectivity index (χ4v) is 10.4. The Labute approximate surface area is 240 Å². The first-order valence-electron chi connectivity index (χ1n) is 14.4. The van der Waals surface area contributed by atoms with Crippen molar-refractivity contribution in [3.8, 4) is 11.8 Å². The molecule has 2 aromatic rings. The molecule has 2 N–H and O–H groups in total. The molecule has 1 aliphatic carbocycles. The molecule has 5 rings (SSSR count). The van der Waals surface area contributed by atoms with Gasteiger partial charge in [-0.25, -0.2) is 8.42 Å². The molecule has 1 saturated heterocycles. The Balaban J connectivity index is 1.41. The number of aryl methyl sites for hydroxylation is 1. The highest BCUT2D eigenvalue weighted by Gasteiger charge is 2.53. The summed E-state index contributed by atoms with van der Waals surface area (Å²) in [4.78, 5) is 2.27. The number of benzene rings is 2. The molecule has 1 fully saturated rings. The third kappa shape index (κ3) is 5.56. The average molecular weight is 582 g/mol. The van der Waals surface area contributed by atoms with E-state index < -0.39 is 29.9 Å². The summed E-state index contributed by atoms with van der Waals surface area (Å²) in [6.07, 6.45) is 5.58. The van der Waals surface area contributed by atoms with E-state index in [1.165, 1.54) is 17.4 Å². The molecule has 3 aliphatic rings. The van der Waals surface area contributed by atoms with Crippen LogP contribution in [-0.2, 0) is 22.9 Å². The number of sulfonamides is 1. The summed E-state index contributed by atoms with van der Waals surface area (Å²) >= 11 is 0. The molecule has 0 aromatic heterocycles. The summed E-state index contributed by atoms with van der Waals surface area (Å²) in [7, 11) is -5.33. The molecule has 40 heavy (non-hydrogen) atoms. The van der Waals surface area contributed by atoms with E-state index in [1.54, 1.807) is 6.07 Å². The zero-order chi connectivity index (χ0) is 29.1. The molecule has 2 aromatic carbocycles. The summed E-state index contributed by atoms with van der Waals surface area (Å²) in [6.45, 7) is 12.6. The Morgan fingerprint density at radius 3 is 2.55 bits per heavy atom. The van der Waals surface area contributed by atoms with E-state index in [0.717, 1.165) is 50.0 Å². The first-order chi connectivity index (χ1) is 18.6. The van der Waals surface area contributed by atoms with Crippen molar-refractivity contribution >= 4 is 23.8 Å². The number of piperidine rings is 1. The highest BCUT2D eigenvalue weighted by atomic mass is 32.2. The number of aliphatic hydroxyl groups excluding tert-OH is 1. The van der Waals surface area contributed by atoms with Gasteiger partial charge in [0.15, 0.2) is 0 Å². The molecule has 0 amide bonds. The van der Waals surface area contributed by atoms with E-state index in [-0.39, 0.29) is 16.6 Å². The first kappa shape index (κ1) is 29.1. The number of fused-ring (bicyclic) bond motifs is 2. The molecule has 2 heterocycles. The van der Waals surface area contributed by atoms with Gasteiger partial charge in [0.1, 0.15) is 17.6 Å². The third-order valence-electron chi connectivity index (χ3n) is 10.2. The van der Waals surface area contributed by atoms with E-state index in [2.05, 4.69) is 55.6 Å². The molecule has 2 unspecified atom stereocenters. The Kier molecular flexibility index (Phi) is 7.40. The van der Waals surface area contributed by atoms with Crippen LogP contribution in [0.15, 0.2) is 36.4 Å². The smallest absolute Gasteiger partial charge is 0.229 e. The number of nitrogens with one attached hydrogen (secondary N) is 1. The number of rotatable bonds is 4. The molecular weight excluding hydrogens is 539 g/mol. The van der Waals surface area contributed by atoms with E-state index >= 15 is 0 Å². The Morgan fingerprint density at radius 1 is 1.15 bits per heavy atom. The molecule has 2 aliphatic heterocycles. The number of likely N-dealkylation sites (tertiary alicyclic amines) is 1. The maximum absolute atomic E-state index is 12.0. The summed E-state index contributed by atoms with van der Waals surface area (Å²) in [5, 5.41) is 20.9. The Hall–Kier alpha value is -2.38. The van der Waals surface area contributed by atoms with Gasteiger partial charge in [0.2, 0.25) is 10.0 Å². The number of hydrogen-bond donors (Lipinski definition) is 2. The second kappa shape index (κ2) is 10.2. The molecule has 9 heteroatoms. The van der Waals surface area contributed by atoms with Crippen molar-refractivity contribution in [2.75, 3.05) is 17.5 Å². The van der Waals surface area contributed by atoms with Crippen molar-refractivity contribution in [3.63, 3.8) is 0 Å². The zero-order valence-corrected chi connectivity index (χ0v) is 26.4. The van der Waals surface area contributed by atoms with E-state index in [9.17, 15) is 18.8 Å². The summed E-state index contributed by atoms with van der Waals surface area (Å²) in [5.74, 6) is 0.820. The number of aliphatic hydroxyl groups is 1. The van der Waals surface area contributed by atoms with Gasteiger partial charge < -0.3 is 9.84 Å². The van der Waals surface area contributed by atoms with Crippen LogP contribution in [0.2, 0.25) is 18.1 Å². The van der Waals surface area contributed by atoms with Gasteiger partial charge in [-0.2, -0.15) is 5.26 Å². The normalized spacial score (nSPS) is 27.3. The molecule has 4 atom stereocenters. The maximum atomic E-state index is 12.0. The van der Waals surface area contributed by atoms with Crippen LogP contribution in [-0.4, -0.2) is 57.2 Å². The predicted octanol–water partition coefficient (Wildman–Crippen LogP) is 5.55. The number of hydrogen-bond acceptors (Lipinski definition) is 6. The largest absolute Gasteiger partial charge is 0.487 e. The average Bonchev–Trinajstić information content (AvgIpc) is 2.86. The van der Waals surface area contributed by atoms with Crippen LogP contribution < -0.4 is 9.46 Å². The third-order valence-corrected chi connectivity index (χ3v) is 16.9. The summed E-state index contributed by atoms with van der Waals surface area (Å²) in [6, 6.07) is 14.2. The molecule has 216 valence electrons. The topological polar surface area (TPSA) is 103 Å². The van der Waals surface area contributed by atoms with Crippen LogP contribution in [0.25, 0.3) is 0 Å². The number of ether oxygens (including phenoxy) is 1. The van der Waals surface area contributed by atoms with Crippen LogP contribution in [0.5, 0.6) is 5.75 Å². The number of anilines is 1. The lowest BCUT2D eigenvalue weighted by Gasteiger charge is -2.54. The zero-order valence-electron chi connectivity index (χ0n) is 24.6. The van der Waals surface area contributed by atoms with E-state index in [0.29, 0.717) is 17.7 Å². The second-order valence-electron chi connectivity index (χ2n) is 13.8. The van der Waals surface area contributed by atoms with Crippen molar-refractivity contribution in [1.82, 2.24) is 4.90 Å². The molecule has 0 saturated carbocycles. The van der Waals surface area contributed by atoms with Crippen molar-refractivity contribution in [2.24, 2.45) is 0 Å². The standard InChI is InChI=1S/C31H43N3O4SSi/c1-30(2,3)40(5,6)28-18-31(38-27-12-10-24(17-26(27)28)33-39(4,36)37)13-14-34(29(35)19-31)25-11-9-22-15-21(20-32)7-8-23(22)16-25/h7-8,10,12,15,17,25,28-29,33,35H,9,11,13-14,16,18-19H2,1-6H3/t25-,28-,29?,31?/m1/s1. The molecule has 7 nitrogen and oxygen atoms in total. The Bertz CT molecular complexity index is 1450. The van der Waals surface area contributed by atoms with Crippen LogP contribution in [0, 0.1) is 11.3 Å². The van der Waals surface area contributed by atoms with Gasteiger partial charge in [0.25, 0.3) is 0 Å². The lowest BCUT2D eigenvalue weighted by molar-refractivity contribution is -0.128. The number of nitriles is 1. The molecule has 1 spiro atoms. The molecular formula is C31H43N3O4SSi. The highest BCUT2D eigenvalue weighted by molar-refractivity contribution is 7.92. The summed E-state index contributed by atoms with van der Waals surface area (Å²) < 4.78 is 33.4. The quantitative estimate of drug-likeness (QED) is 0.459. The van der Waals surface area contributed by atoms with Crippen LogP contribution in [0.3, 0.4) is 0 Å². The lowest BCUT2D eigenvalue weighted by atomic mass is 9.80. The van der Waals surface area contributed by atoms with Crippen molar-refractivity contribution in [2.45, 2.75) is 101 Å². The number of nitrogens with zero attached hydrogens (tertiary/aromatic N) is 2. The van der Waals surface area contributed by atoms with Gasteiger partial charge in [-0.3, -0.25) is 9.62 Å². The highest BCUT2D eigenvalue weighted by Crippen LogP contribution is 2.55. The second-order valence-corrected chi connectivity index (χ2v) is 21.2. The van der Waals surface area contributed by atoms with Gasteiger partial charge in [0.05, 0.1) is 26.0 Å². The molecule has 0 radical (unpaired) electrons. The fraction of sp³-hybridized carbons (Fsp3) is 0.581. The summed E-state index contributed by atoms with van der Waals surface area (Å²) in [5.41, 5.74) is 4.70. The van der Waals surface area contributed by atoms with Gasteiger partial charge in [0, 0.05) is 31.1 Å². The molecule has 0 bridgehead atoms. The lowest BCUT2D eigenvalue weighted by Crippen LogP contribution is -2.60. The predicted molar refractivity (Wildman–Crippen MR) is 162 cm³/mol. The van der Waals surface area contributed by atoms with E-state index in [4.69, 9.17) is 4.74 Å². The van der Waals surface area contributed by atoms with Gasteiger partial charge in [-0.15, -0.1) is 0 Å². The minimum atomic E-state index is -3.39. The van der Waals surface area contributed by atoms with Crippen molar-refractivity contribution in [1.29, 1.82) is 5.26 Å². The van der Waals surface area contributed by atoms with Crippen LogP contribution in [0.1, 0.15) is 74.2 Å². The maximum Gasteiger partial charge on any atom is 0.229 e. The van der Waals surface area contributed by atoms with Crippen molar-refractivity contribution in [3.05, 3.63) is 58.7 Å². The minimum absolute atomic E-state index is 0.119. The first-order valence-corrected chi connectivity index (χ1v) is 19.3. The fourth-order valence-electron chi connectivity index (χ4n) is 6.94. The van der Waals surface area contributed by atoms with Crippen molar-refractivity contribution < 1.29 is 18.3 Å². The van der Waals surface area contributed by atoms with Gasteiger partial charge in [-0.05, 0) is 83.3 Å². The minimum Gasteiger partial charge on any atom is -0.487 e. The van der Waals surface area contributed by atoms with Gasteiger partial charge >= 0.3 is 0 Å². The van der Waals surface area contributed by atoms with Crippen LogP contribution >= 0.6 is 0 Å².